The fraction of sp³-hybridized carbons (Fsp3) is 0.933. The first-order valence-electron chi connectivity index (χ1n) is 7.86. The van der Waals surface area contributed by atoms with E-state index in [4.69, 9.17) is 4.74 Å². The highest BCUT2D eigenvalue weighted by molar-refractivity contribution is 5.67. The molecule has 0 saturated carbocycles. The zero-order chi connectivity index (χ0) is 15.0. The minimum absolute atomic E-state index is 0.00171. The Bertz CT molecular complexity index is 277. The number of likely N-dealkylation sites (tertiary alicyclic amines) is 1. The van der Waals surface area contributed by atoms with Crippen molar-refractivity contribution in [2.45, 2.75) is 52.5 Å². The molecule has 2 N–H and O–H groups in total. The number of nitrogens with one attached hydrogen (secondary N) is 1. The average Bonchev–Trinajstić information content (AvgIpc) is 2.50. The normalized spacial score (nSPS) is 17.3. The fourth-order valence-corrected chi connectivity index (χ4v) is 2.62. The average molecular weight is 286 g/mol. The lowest BCUT2D eigenvalue weighted by Crippen LogP contribution is -2.48. The van der Waals surface area contributed by atoms with Gasteiger partial charge >= 0.3 is 6.09 Å². The molecule has 1 aliphatic heterocycles. The van der Waals surface area contributed by atoms with Crippen LogP contribution in [0.2, 0.25) is 0 Å². The number of amides is 1. The third kappa shape index (κ3) is 4.63. The summed E-state index contributed by atoms with van der Waals surface area (Å²) in [5.74, 6) is 0. The molecule has 0 aliphatic carbocycles. The van der Waals surface area contributed by atoms with Crippen molar-refractivity contribution in [2.24, 2.45) is 5.41 Å². The monoisotopic (exact) mass is 286 g/mol. The number of carbonyl (C=O) groups is 1. The number of rotatable bonds is 7. The summed E-state index contributed by atoms with van der Waals surface area (Å²) in [6.07, 6.45) is 3.67. The molecule has 20 heavy (non-hydrogen) atoms. The predicted octanol–water partition coefficient (Wildman–Crippen LogP) is 2.00. The topological polar surface area (TPSA) is 61.8 Å². The van der Waals surface area contributed by atoms with Gasteiger partial charge in [0, 0.05) is 37.7 Å². The molecule has 1 fully saturated rings. The van der Waals surface area contributed by atoms with Crippen molar-refractivity contribution >= 4 is 6.09 Å². The van der Waals surface area contributed by atoms with Gasteiger partial charge in [-0.25, -0.2) is 4.79 Å². The summed E-state index contributed by atoms with van der Waals surface area (Å²) in [5.41, 5.74) is -0.00171. The lowest BCUT2D eigenvalue weighted by atomic mass is 9.83. The Hall–Kier alpha value is -0.810. The number of aliphatic hydroxyl groups is 1. The van der Waals surface area contributed by atoms with Gasteiger partial charge in [-0.2, -0.15) is 0 Å². The maximum Gasteiger partial charge on any atom is 0.409 e. The number of piperidine rings is 1. The quantitative estimate of drug-likeness (QED) is 0.751. The second-order valence-electron chi connectivity index (χ2n) is 5.71. The largest absolute Gasteiger partial charge is 0.450 e. The Balaban J connectivity index is 2.34. The van der Waals surface area contributed by atoms with Gasteiger partial charge in [0.25, 0.3) is 0 Å². The standard InChI is InChI=1S/C15H30N2O3/c1-4-15(5-2,12-18)11-16-13-7-9-17(10-8-13)14(19)20-6-3/h13,16,18H,4-12H2,1-3H3. The molecular formula is C15H30N2O3. The highest BCUT2D eigenvalue weighted by Gasteiger charge is 2.28. The summed E-state index contributed by atoms with van der Waals surface area (Å²) < 4.78 is 5.02. The SMILES string of the molecule is CCOC(=O)N1CCC(NCC(CC)(CC)CO)CC1. The van der Waals surface area contributed by atoms with Crippen molar-refractivity contribution in [1.29, 1.82) is 0 Å². The number of hydrogen-bond donors (Lipinski definition) is 2. The summed E-state index contributed by atoms with van der Waals surface area (Å²) >= 11 is 0. The molecule has 0 unspecified atom stereocenters. The van der Waals surface area contributed by atoms with Crippen LogP contribution in [0, 0.1) is 5.41 Å². The van der Waals surface area contributed by atoms with Crippen LogP contribution >= 0.6 is 0 Å². The maximum atomic E-state index is 11.6. The molecule has 0 aromatic rings. The molecule has 1 aliphatic rings. The van der Waals surface area contributed by atoms with Gasteiger partial charge in [0.2, 0.25) is 0 Å². The van der Waals surface area contributed by atoms with Crippen LogP contribution in [0.25, 0.3) is 0 Å². The van der Waals surface area contributed by atoms with Crippen molar-refractivity contribution in [3.8, 4) is 0 Å². The third-order valence-electron chi connectivity index (χ3n) is 4.62. The van der Waals surface area contributed by atoms with Crippen molar-refractivity contribution in [3.63, 3.8) is 0 Å². The summed E-state index contributed by atoms with van der Waals surface area (Å²) in [4.78, 5) is 13.4. The second-order valence-corrected chi connectivity index (χ2v) is 5.71. The molecule has 1 rings (SSSR count). The van der Waals surface area contributed by atoms with Gasteiger partial charge in [-0.3, -0.25) is 0 Å². The molecular weight excluding hydrogens is 256 g/mol. The van der Waals surface area contributed by atoms with Crippen LogP contribution in [0.15, 0.2) is 0 Å². The van der Waals surface area contributed by atoms with E-state index in [-0.39, 0.29) is 18.1 Å². The molecule has 5 heteroatoms. The van der Waals surface area contributed by atoms with E-state index in [1.54, 1.807) is 4.90 Å². The van der Waals surface area contributed by atoms with Gasteiger partial charge in [-0.15, -0.1) is 0 Å². The fourth-order valence-electron chi connectivity index (χ4n) is 2.62. The van der Waals surface area contributed by atoms with Gasteiger partial charge in [-0.1, -0.05) is 13.8 Å². The Morgan fingerprint density at radius 1 is 1.30 bits per heavy atom. The van der Waals surface area contributed by atoms with Crippen molar-refractivity contribution in [1.82, 2.24) is 10.2 Å². The molecule has 1 saturated heterocycles. The Labute approximate surface area is 122 Å². The summed E-state index contributed by atoms with van der Waals surface area (Å²) in [6.45, 7) is 9.10. The summed E-state index contributed by atoms with van der Waals surface area (Å²) in [6, 6.07) is 0.435. The lowest BCUT2D eigenvalue weighted by Gasteiger charge is -2.35. The van der Waals surface area contributed by atoms with Gasteiger partial charge in [-0.05, 0) is 32.6 Å². The molecule has 1 heterocycles. The Morgan fingerprint density at radius 3 is 2.35 bits per heavy atom. The van der Waals surface area contributed by atoms with Crippen LogP contribution in [0.1, 0.15) is 46.5 Å². The minimum atomic E-state index is -0.197. The van der Waals surface area contributed by atoms with E-state index in [9.17, 15) is 9.90 Å². The third-order valence-corrected chi connectivity index (χ3v) is 4.62. The van der Waals surface area contributed by atoms with E-state index < -0.39 is 0 Å². The van der Waals surface area contributed by atoms with Crippen LogP contribution in [0.4, 0.5) is 4.79 Å². The molecule has 1 amide bonds. The van der Waals surface area contributed by atoms with Gasteiger partial charge in [0.05, 0.1) is 6.61 Å². The number of nitrogens with zero attached hydrogens (tertiary/aromatic N) is 1. The first kappa shape index (κ1) is 17.2. The first-order valence-corrected chi connectivity index (χ1v) is 7.86. The summed E-state index contributed by atoms with van der Waals surface area (Å²) in [7, 11) is 0. The van der Waals surface area contributed by atoms with Crippen LogP contribution in [-0.2, 0) is 4.74 Å². The zero-order valence-electron chi connectivity index (χ0n) is 13.2. The Morgan fingerprint density at radius 2 is 1.90 bits per heavy atom. The van der Waals surface area contributed by atoms with Crippen molar-refractivity contribution in [2.75, 3.05) is 32.8 Å². The molecule has 0 radical (unpaired) electrons. The van der Waals surface area contributed by atoms with E-state index in [0.29, 0.717) is 12.6 Å². The van der Waals surface area contributed by atoms with E-state index in [1.165, 1.54) is 0 Å². The summed E-state index contributed by atoms with van der Waals surface area (Å²) in [5, 5.41) is 13.1. The van der Waals surface area contributed by atoms with E-state index in [0.717, 1.165) is 45.3 Å². The molecule has 0 bridgehead atoms. The highest BCUT2D eigenvalue weighted by Crippen LogP contribution is 2.25. The lowest BCUT2D eigenvalue weighted by molar-refractivity contribution is 0.0869. The van der Waals surface area contributed by atoms with Crippen molar-refractivity contribution in [3.05, 3.63) is 0 Å². The number of ether oxygens (including phenoxy) is 1. The zero-order valence-corrected chi connectivity index (χ0v) is 13.2. The molecule has 5 nitrogen and oxygen atoms in total. The number of aliphatic hydroxyl groups excluding tert-OH is 1. The van der Waals surface area contributed by atoms with Crippen LogP contribution < -0.4 is 5.32 Å². The highest BCUT2D eigenvalue weighted by atomic mass is 16.6. The predicted molar refractivity (Wildman–Crippen MR) is 79.7 cm³/mol. The Kier molecular flexibility index (Phi) is 7.30. The number of hydrogen-bond acceptors (Lipinski definition) is 4. The minimum Gasteiger partial charge on any atom is -0.450 e. The number of carbonyl (C=O) groups excluding carboxylic acids is 1. The van der Waals surface area contributed by atoms with Crippen LogP contribution in [-0.4, -0.2) is 55.0 Å². The van der Waals surface area contributed by atoms with E-state index in [2.05, 4.69) is 19.2 Å². The van der Waals surface area contributed by atoms with Crippen LogP contribution in [0.3, 0.4) is 0 Å². The smallest absolute Gasteiger partial charge is 0.409 e. The molecule has 118 valence electrons. The molecule has 0 aromatic carbocycles. The van der Waals surface area contributed by atoms with Crippen LogP contribution in [0.5, 0.6) is 0 Å². The van der Waals surface area contributed by atoms with Crippen molar-refractivity contribution < 1.29 is 14.6 Å². The second kappa shape index (κ2) is 8.47. The van der Waals surface area contributed by atoms with E-state index >= 15 is 0 Å². The van der Waals surface area contributed by atoms with Gasteiger partial charge < -0.3 is 20.1 Å². The van der Waals surface area contributed by atoms with Gasteiger partial charge in [0.1, 0.15) is 0 Å². The first-order chi connectivity index (χ1) is 9.60. The molecule has 0 aromatic heterocycles. The van der Waals surface area contributed by atoms with Gasteiger partial charge in [0.15, 0.2) is 0 Å². The molecule has 0 spiro atoms. The molecule has 0 atom stereocenters. The maximum absolute atomic E-state index is 11.6. The van der Waals surface area contributed by atoms with E-state index in [1.807, 2.05) is 6.92 Å².